The number of carboxylic acids is 1. The van der Waals surface area contributed by atoms with Crippen molar-refractivity contribution in [3.8, 4) is 0 Å². The summed E-state index contributed by atoms with van der Waals surface area (Å²) in [5.41, 5.74) is 0.440. The lowest BCUT2D eigenvalue weighted by molar-refractivity contribution is -0.141. The molecule has 6 nitrogen and oxygen atoms in total. The number of sulfone groups is 1. The van der Waals surface area contributed by atoms with Crippen LogP contribution in [0.3, 0.4) is 0 Å². The number of carbonyl (C=O) groups excluding carboxylic acids is 1. The summed E-state index contributed by atoms with van der Waals surface area (Å²) in [6.45, 7) is 0.445. The summed E-state index contributed by atoms with van der Waals surface area (Å²) in [7, 11) is -4.48. The Morgan fingerprint density at radius 1 is 1.20 bits per heavy atom. The van der Waals surface area contributed by atoms with Crippen LogP contribution in [0.15, 0.2) is 29.2 Å². The van der Waals surface area contributed by atoms with Crippen LogP contribution in [0.2, 0.25) is 0 Å². The van der Waals surface area contributed by atoms with Crippen molar-refractivity contribution in [3.05, 3.63) is 29.8 Å². The number of alkyl halides is 3. The predicted molar refractivity (Wildman–Crippen MR) is 80.6 cm³/mol. The van der Waals surface area contributed by atoms with Gasteiger partial charge < -0.3 is 10.0 Å². The quantitative estimate of drug-likeness (QED) is 0.837. The lowest BCUT2D eigenvalue weighted by atomic mass is 10.1. The number of rotatable bonds is 5. The van der Waals surface area contributed by atoms with E-state index in [-0.39, 0.29) is 18.9 Å². The third kappa shape index (κ3) is 5.18. The Morgan fingerprint density at radius 3 is 2.28 bits per heavy atom. The Hall–Kier alpha value is -2.10. The van der Waals surface area contributed by atoms with Crippen LogP contribution in [-0.2, 0) is 25.8 Å². The van der Waals surface area contributed by atoms with E-state index < -0.39 is 38.5 Å². The van der Waals surface area contributed by atoms with E-state index in [0.717, 1.165) is 12.1 Å². The van der Waals surface area contributed by atoms with Crippen molar-refractivity contribution in [1.82, 2.24) is 4.90 Å². The summed E-state index contributed by atoms with van der Waals surface area (Å²) >= 11 is 0. The first kappa shape index (κ1) is 19.2. The number of hydrogen-bond acceptors (Lipinski definition) is 4. The number of amides is 1. The summed E-state index contributed by atoms with van der Waals surface area (Å²) in [5.74, 6) is -3.81. The first-order chi connectivity index (χ1) is 11.5. The number of aliphatic carboxylic acids is 1. The maximum atomic E-state index is 12.3. The molecule has 138 valence electrons. The maximum Gasteiger partial charge on any atom is 0.403 e. The third-order valence-electron chi connectivity index (χ3n) is 3.88. The summed E-state index contributed by atoms with van der Waals surface area (Å²) < 4.78 is 60.1. The lowest BCUT2D eigenvalue weighted by Crippen LogP contribution is -2.31. The number of benzene rings is 1. The Bertz CT molecular complexity index is 758. The highest BCUT2D eigenvalue weighted by Gasteiger charge is 2.36. The zero-order chi connectivity index (χ0) is 18.8. The molecule has 1 aliphatic rings. The fraction of sp³-hybridized carbons (Fsp3) is 0.467. The SMILES string of the molecule is O=C(O)[C@H]1CCN(C(=O)Cc2ccc(S(=O)(=O)CC(F)(F)F)cc2)C1. The molecule has 1 aromatic rings. The van der Waals surface area contributed by atoms with E-state index in [1.165, 1.54) is 17.0 Å². The molecule has 1 heterocycles. The van der Waals surface area contributed by atoms with E-state index in [4.69, 9.17) is 5.11 Å². The Balaban J connectivity index is 2.01. The Labute approximate surface area is 142 Å². The summed E-state index contributed by atoms with van der Waals surface area (Å²) in [5, 5.41) is 8.91. The molecule has 0 aromatic heterocycles. The van der Waals surface area contributed by atoms with Crippen molar-refractivity contribution in [2.45, 2.75) is 23.9 Å². The Kier molecular flexibility index (Phi) is 5.40. The maximum absolute atomic E-state index is 12.3. The number of nitrogens with zero attached hydrogens (tertiary/aromatic N) is 1. The smallest absolute Gasteiger partial charge is 0.403 e. The average Bonchev–Trinajstić information content (AvgIpc) is 2.95. The number of carbonyl (C=O) groups is 2. The van der Waals surface area contributed by atoms with Crippen LogP contribution in [0.5, 0.6) is 0 Å². The molecule has 0 saturated carbocycles. The molecule has 25 heavy (non-hydrogen) atoms. The lowest BCUT2D eigenvalue weighted by Gasteiger charge is -2.16. The first-order valence-electron chi connectivity index (χ1n) is 7.37. The van der Waals surface area contributed by atoms with Gasteiger partial charge in [0.25, 0.3) is 0 Å². The van der Waals surface area contributed by atoms with Gasteiger partial charge in [-0.15, -0.1) is 0 Å². The van der Waals surface area contributed by atoms with Crippen molar-refractivity contribution in [3.63, 3.8) is 0 Å². The zero-order valence-corrected chi connectivity index (χ0v) is 13.8. The molecular formula is C15H16F3NO5S. The van der Waals surface area contributed by atoms with Gasteiger partial charge in [-0.05, 0) is 24.1 Å². The normalized spacial score (nSPS) is 18.4. The first-order valence-corrected chi connectivity index (χ1v) is 9.02. The second-order valence-electron chi connectivity index (χ2n) is 5.86. The predicted octanol–water partition coefficient (Wildman–Crippen LogP) is 1.50. The zero-order valence-electron chi connectivity index (χ0n) is 13.0. The fourth-order valence-electron chi connectivity index (χ4n) is 2.59. The number of likely N-dealkylation sites (tertiary alicyclic amines) is 1. The molecule has 0 unspecified atom stereocenters. The average molecular weight is 379 g/mol. The van der Waals surface area contributed by atoms with Gasteiger partial charge >= 0.3 is 12.1 Å². The number of halogens is 3. The summed E-state index contributed by atoms with van der Waals surface area (Å²) in [6.07, 6.45) is -4.54. The van der Waals surface area contributed by atoms with Gasteiger partial charge in [0.15, 0.2) is 15.6 Å². The molecule has 1 fully saturated rings. The molecule has 1 atom stereocenters. The van der Waals surface area contributed by atoms with E-state index in [9.17, 15) is 31.2 Å². The monoisotopic (exact) mass is 379 g/mol. The second kappa shape index (κ2) is 7.03. The van der Waals surface area contributed by atoms with Crippen molar-refractivity contribution in [1.29, 1.82) is 0 Å². The molecule has 1 aliphatic heterocycles. The van der Waals surface area contributed by atoms with Gasteiger partial charge in [-0.25, -0.2) is 8.42 Å². The largest absolute Gasteiger partial charge is 0.481 e. The van der Waals surface area contributed by atoms with Crippen molar-refractivity contribution >= 4 is 21.7 Å². The fourth-order valence-corrected chi connectivity index (χ4v) is 3.74. The molecular weight excluding hydrogens is 363 g/mol. The molecule has 1 aromatic carbocycles. The van der Waals surface area contributed by atoms with Gasteiger partial charge in [0.05, 0.1) is 17.2 Å². The highest BCUT2D eigenvalue weighted by Crippen LogP contribution is 2.23. The summed E-state index contributed by atoms with van der Waals surface area (Å²) in [6, 6.07) is 4.64. The van der Waals surface area contributed by atoms with Crippen LogP contribution in [0.25, 0.3) is 0 Å². The third-order valence-corrected chi connectivity index (χ3v) is 5.58. The summed E-state index contributed by atoms with van der Waals surface area (Å²) in [4.78, 5) is 23.9. The van der Waals surface area contributed by atoms with E-state index in [2.05, 4.69) is 0 Å². The van der Waals surface area contributed by atoms with Gasteiger partial charge in [0, 0.05) is 13.1 Å². The molecule has 2 rings (SSSR count). The van der Waals surface area contributed by atoms with Gasteiger partial charge in [0.2, 0.25) is 5.91 Å². The van der Waals surface area contributed by atoms with Crippen LogP contribution in [0, 0.1) is 5.92 Å². The van der Waals surface area contributed by atoms with E-state index in [0.29, 0.717) is 18.5 Å². The standard InChI is InChI=1S/C15H16F3NO5S/c16-15(17,18)9-25(23,24)12-3-1-10(2-4-12)7-13(20)19-6-5-11(8-19)14(21)22/h1-4,11H,5-9H2,(H,21,22)/t11-/m0/s1. The number of hydrogen-bond donors (Lipinski definition) is 1. The molecule has 0 aliphatic carbocycles. The minimum atomic E-state index is -4.83. The topological polar surface area (TPSA) is 91.8 Å². The van der Waals surface area contributed by atoms with E-state index in [1.807, 2.05) is 0 Å². The van der Waals surface area contributed by atoms with Crippen LogP contribution in [0.1, 0.15) is 12.0 Å². The van der Waals surface area contributed by atoms with Crippen molar-refractivity contribution < 1.29 is 36.3 Å². The molecule has 0 bridgehead atoms. The van der Waals surface area contributed by atoms with Gasteiger partial charge in [-0.3, -0.25) is 9.59 Å². The van der Waals surface area contributed by atoms with Gasteiger partial charge in [-0.2, -0.15) is 13.2 Å². The molecule has 10 heteroatoms. The van der Waals surface area contributed by atoms with Crippen LogP contribution in [-0.4, -0.2) is 55.3 Å². The van der Waals surface area contributed by atoms with Crippen LogP contribution < -0.4 is 0 Å². The molecule has 1 amide bonds. The highest BCUT2D eigenvalue weighted by atomic mass is 32.2. The Morgan fingerprint density at radius 2 is 1.80 bits per heavy atom. The molecule has 1 N–H and O–H groups in total. The van der Waals surface area contributed by atoms with Crippen LogP contribution >= 0.6 is 0 Å². The van der Waals surface area contributed by atoms with E-state index in [1.54, 1.807) is 0 Å². The highest BCUT2D eigenvalue weighted by molar-refractivity contribution is 7.91. The van der Waals surface area contributed by atoms with Crippen LogP contribution in [0.4, 0.5) is 13.2 Å². The molecule has 0 radical (unpaired) electrons. The molecule has 1 saturated heterocycles. The van der Waals surface area contributed by atoms with Gasteiger partial charge in [0.1, 0.15) is 0 Å². The van der Waals surface area contributed by atoms with Crippen molar-refractivity contribution in [2.75, 3.05) is 18.8 Å². The number of carboxylic acid groups (broad SMARTS) is 1. The van der Waals surface area contributed by atoms with E-state index >= 15 is 0 Å². The second-order valence-corrected chi connectivity index (χ2v) is 7.85. The minimum absolute atomic E-state index is 0.0774. The molecule has 0 spiro atoms. The van der Waals surface area contributed by atoms with Crippen molar-refractivity contribution in [2.24, 2.45) is 5.92 Å². The van der Waals surface area contributed by atoms with Gasteiger partial charge in [-0.1, -0.05) is 12.1 Å². The minimum Gasteiger partial charge on any atom is -0.481 e.